The number of hydrogen-bond donors (Lipinski definition) is 1. The third-order valence-electron chi connectivity index (χ3n) is 4.31. The van der Waals surface area contributed by atoms with Gasteiger partial charge in [0, 0.05) is 25.7 Å². The summed E-state index contributed by atoms with van der Waals surface area (Å²) in [6.07, 6.45) is 0. The molecule has 1 aromatic carbocycles. The number of rotatable bonds is 5. The Morgan fingerprint density at radius 3 is 2.84 bits per heavy atom. The summed E-state index contributed by atoms with van der Waals surface area (Å²) >= 11 is 0. The maximum absolute atomic E-state index is 12.5. The van der Waals surface area contributed by atoms with E-state index in [4.69, 9.17) is 0 Å². The minimum atomic E-state index is -0.0347. The van der Waals surface area contributed by atoms with E-state index in [1.54, 1.807) is 4.90 Å². The largest absolute Gasteiger partial charge is 0.334 e. The zero-order chi connectivity index (χ0) is 17.8. The predicted molar refractivity (Wildman–Crippen MR) is 95.9 cm³/mol. The fraction of sp³-hybridized carbons (Fsp3) is 0.500. The monoisotopic (exact) mass is 342 g/mol. The highest BCUT2D eigenvalue weighted by Gasteiger charge is 2.23. The highest BCUT2D eigenvalue weighted by atomic mass is 16.2. The van der Waals surface area contributed by atoms with Crippen molar-refractivity contribution in [2.75, 3.05) is 20.1 Å². The third-order valence-corrected chi connectivity index (χ3v) is 4.31. The van der Waals surface area contributed by atoms with E-state index < -0.39 is 0 Å². The van der Waals surface area contributed by atoms with Gasteiger partial charge in [-0.1, -0.05) is 30.3 Å². The normalized spacial score (nSPS) is 15.1. The van der Waals surface area contributed by atoms with Crippen molar-refractivity contribution in [1.82, 2.24) is 29.9 Å². The Labute approximate surface area is 148 Å². The van der Waals surface area contributed by atoms with Gasteiger partial charge in [-0.05, 0) is 26.5 Å². The number of aryl methyl sites for hydroxylation is 1. The number of aromatic nitrogens is 3. The molecule has 2 amide bonds. The summed E-state index contributed by atoms with van der Waals surface area (Å²) in [4.78, 5) is 20.9. The summed E-state index contributed by atoms with van der Waals surface area (Å²) in [5.41, 5.74) is 1.27. The number of carbonyl (C=O) groups is 1. The molecule has 0 spiro atoms. The third kappa shape index (κ3) is 4.57. The van der Waals surface area contributed by atoms with Crippen LogP contribution in [0.5, 0.6) is 0 Å². The van der Waals surface area contributed by atoms with Gasteiger partial charge in [0.05, 0.1) is 13.1 Å². The SMILES string of the molecule is Cc1nc2n(n1)CCN(C(=O)N[C@H](C)CN(C)Cc1ccccc1)C2. The number of benzene rings is 1. The molecule has 0 radical (unpaired) electrons. The van der Waals surface area contributed by atoms with Crippen molar-refractivity contribution >= 4 is 6.03 Å². The van der Waals surface area contributed by atoms with E-state index in [2.05, 4.69) is 39.5 Å². The van der Waals surface area contributed by atoms with Gasteiger partial charge in [-0.25, -0.2) is 14.5 Å². The molecule has 0 unspecified atom stereocenters. The molecule has 25 heavy (non-hydrogen) atoms. The molecule has 134 valence electrons. The van der Waals surface area contributed by atoms with Gasteiger partial charge in [0.2, 0.25) is 0 Å². The van der Waals surface area contributed by atoms with Crippen molar-refractivity contribution in [2.45, 2.75) is 39.5 Å². The lowest BCUT2D eigenvalue weighted by Crippen LogP contribution is -2.49. The van der Waals surface area contributed by atoms with E-state index in [0.29, 0.717) is 19.6 Å². The molecule has 7 nitrogen and oxygen atoms in total. The maximum Gasteiger partial charge on any atom is 0.318 e. The van der Waals surface area contributed by atoms with Crippen molar-refractivity contribution in [3.05, 3.63) is 47.5 Å². The van der Waals surface area contributed by atoms with Gasteiger partial charge in [-0.15, -0.1) is 0 Å². The Morgan fingerprint density at radius 2 is 2.08 bits per heavy atom. The van der Waals surface area contributed by atoms with Gasteiger partial charge in [0.15, 0.2) is 0 Å². The molecule has 0 fully saturated rings. The van der Waals surface area contributed by atoms with Crippen LogP contribution in [-0.2, 0) is 19.6 Å². The Kier molecular flexibility index (Phi) is 5.33. The average Bonchev–Trinajstić information content (AvgIpc) is 2.94. The molecule has 1 aromatic heterocycles. The summed E-state index contributed by atoms with van der Waals surface area (Å²) in [7, 11) is 2.07. The number of urea groups is 1. The molecular weight excluding hydrogens is 316 g/mol. The van der Waals surface area contributed by atoms with Crippen molar-refractivity contribution in [3.63, 3.8) is 0 Å². The fourth-order valence-corrected chi connectivity index (χ4v) is 3.21. The lowest BCUT2D eigenvalue weighted by molar-refractivity contribution is 0.173. The molecular formula is C18H26N6O. The standard InChI is InChI=1S/C18H26N6O/c1-14(11-22(3)12-16-7-5-4-6-8-16)19-18(25)23-9-10-24-17(13-23)20-15(2)21-24/h4-8,14H,9-13H2,1-3H3,(H,19,25)/t14-/m1/s1. The lowest BCUT2D eigenvalue weighted by Gasteiger charge is -2.29. The zero-order valence-electron chi connectivity index (χ0n) is 15.1. The number of fused-ring (bicyclic) bond motifs is 1. The van der Waals surface area contributed by atoms with Gasteiger partial charge in [-0.2, -0.15) is 5.10 Å². The molecule has 1 aliphatic heterocycles. The first-order valence-electron chi connectivity index (χ1n) is 8.69. The number of carbonyl (C=O) groups excluding carboxylic acids is 1. The van der Waals surface area contributed by atoms with Gasteiger partial charge in [0.25, 0.3) is 0 Å². The summed E-state index contributed by atoms with van der Waals surface area (Å²) in [5, 5.41) is 7.42. The molecule has 0 saturated carbocycles. The smallest absolute Gasteiger partial charge is 0.318 e. The zero-order valence-corrected chi connectivity index (χ0v) is 15.1. The van der Waals surface area contributed by atoms with Crippen LogP contribution in [0.4, 0.5) is 4.79 Å². The number of hydrogen-bond acceptors (Lipinski definition) is 4. The minimum Gasteiger partial charge on any atom is -0.334 e. The van der Waals surface area contributed by atoms with E-state index in [9.17, 15) is 4.79 Å². The highest BCUT2D eigenvalue weighted by Crippen LogP contribution is 2.10. The van der Waals surface area contributed by atoms with Crippen molar-refractivity contribution in [3.8, 4) is 0 Å². The molecule has 7 heteroatoms. The Morgan fingerprint density at radius 1 is 1.32 bits per heavy atom. The topological polar surface area (TPSA) is 66.3 Å². The van der Waals surface area contributed by atoms with E-state index in [-0.39, 0.29) is 12.1 Å². The maximum atomic E-state index is 12.5. The quantitative estimate of drug-likeness (QED) is 0.897. The van der Waals surface area contributed by atoms with E-state index in [1.807, 2.05) is 36.7 Å². The van der Waals surface area contributed by atoms with Crippen LogP contribution in [0.25, 0.3) is 0 Å². The first-order valence-corrected chi connectivity index (χ1v) is 8.69. The summed E-state index contributed by atoms with van der Waals surface area (Å²) in [6.45, 7) is 7.45. The van der Waals surface area contributed by atoms with Crippen LogP contribution in [0, 0.1) is 6.92 Å². The predicted octanol–water partition coefficient (Wildman–Crippen LogP) is 1.63. The molecule has 1 N–H and O–H groups in total. The first kappa shape index (κ1) is 17.4. The molecule has 1 aliphatic rings. The van der Waals surface area contributed by atoms with Crippen LogP contribution in [0.1, 0.15) is 24.1 Å². The molecule has 0 saturated heterocycles. The Bertz CT molecular complexity index is 714. The highest BCUT2D eigenvalue weighted by molar-refractivity contribution is 5.74. The average molecular weight is 342 g/mol. The number of likely N-dealkylation sites (N-methyl/N-ethyl adjacent to an activating group) is 1. The molecule has 2 heterocycles. The van der Waals surface area contributed by atoms with Crippen LogP contribution in [0.3, 0.4) is 0 Å². The number of nitrogens with zero attached hydrogens (tertiary/aromatic N) is 5. The van der Waals surface area contributed by atoms with Crippen molar-refractivity contribution in [2.24, 2.45) is 0 Å². The second-order valence-electron chi connectivity index (χ2n) is 6.75. The van der Waals surface area contributed by atoms with E-state index >= 15 is 0 Å². The van der Waals surface area contributed by atoms with Gasteiger partial charge >= 0.3 is 6.03 Å². The van der Waals surface area contributed by atoms with Crippen LogP contribution in [0.15, 0.2) is 30.3 Å². The van der Waals surface area contributed by atoms with Gasteiger partial charge in [-0.3, -0.25) is 0 Å². The lowest BCUT2D eigenvalue weighted by atomic mass is 10.2. The van der Waals surface area contributed by atoms with E-state index in [1.165, 1.54) is 5.56 Å². The van der Waals surface area contributed by atoms with Crippen molar-refractivity contribution < 1.29 is 4.79 Å². The molecule has 0 aliphatic carbocycles. The van der Waals surface area contributed by atoms with E-state index in [0.717, 1.165) is 24.7 Å². The summed E-state index contributed by atoms with van der Waals surface area (Å²) in [5.74, 6) is 1.61. The Hall–Kier alpha value is -2.41. The molecule has 3 rings (SSSR count). The summed E-state index contributed by atoms with van der Waals surface area (Å²) in [6, 6.07) is 10.4. The van der Waals surface area contributed by atoms with Crippen LogP contribution < -0.4 is 5.32 Å². The molecule has 1 atom stereocenters. The second kappa shape index (κ2) is 7.65. The van der Waals surface area contributed by atoms with Crippen LogP contribution in [0.2, 0.25) is 0 Å². The van der Waals surface area contributed by atoms with Gasteiger partial charge in [0.1, 0.15) is 11.6 Å². The Balaban J connectivity index is 1.47. The van der Waals surface area contributed by atoms with Crippen molar-refractivity contribution in [1.29, 1.82) is 0 Å². The summed E-state index contributed by atoms with van der Waals surface area (Å²) < 4.78 is 1.89. The fourth-order valence-electron chi connectivity index (χ4n) is 3.21. The minimum absolute atomic E-state index is 0.0347. The van der Waals surface area contributed by atoms with Crippen LogP contribution >= 0.6 is 0 Å². The van der Waals surface area contributed by atoms with Crippen LogP contribution in [-0.4, -0.2) is 56.8 Å². The molecule has 0 bridgehead atoms. The number of amides is 2. The molecule has 2 aromatic rings. The number of nitrogens with one attached hydrogen (secondary N) is 1. The second-order valence-corrected chi connectivity index (χ2v) is 6.75. The van der Waals surface area contributed by atoms with Gasteiger partial charge < -0.3 is 15.1 Å². The first-order chi connectivity index (χ1) is 12.0.